The van der Waals surface area contributed by atoms with E-state index in [9.17, 15) is 10.1 Å². The first kappa shape index (κ1) is 12.6. The van der Waals surface area contributed by atoms with Crippen LogP contribution >= 0.6 is 11.8 Å². The predicted octanol–water partition coefficient (Wildman–Crippen LogP) is 3.69. The van der Waals surface area contributed by atoms with Gasteiger partial charge >= 0.3 is 5.69 Å². The van der Waals surface area contributed by atoms with Gasteiger partial charge in [-0.3, -0.25) is 10.1 Å². The molecule has 0 bridgehead atoms. The lowest BCUT2D eigenvalue weighted by Gasteiger charge is -2.02. The van der Waals surface area contributed by atoms with E-state index in [2.05, 4.69) is 9.97 Å². The molecule has 0 radical (unpaired) electrons. The van der Waals surface area contributed by atoms with Crippen LogP contribution in [0.5, 0.6) is 0 Å². The molecular formula is C14H9N3O2S. The SMILES string of the molecule is O=[N+]([O-])c1cnc(Sc2ccc3ccccc3c2)nc1. The highest BCUT2D eigenvalue weighted by atomic mass is 32.2. The summed E-state index contributed by atoms with van der Waals surface area (Å²) < 4.78 is 0. The average molecular weight is 283 g/mol. The normalized spacial score (nSPS) is 10.6. The van der Waals surface area contributed by atoms with Gasteiger partial charge in [-0.25, -0.2) is 9.97 Å². The van der Waals surface area contributed by atoms with Crippen molar-refractivity contribution in [3.8, 4) is 0 Å². The molecule has 98 valence electrons. The zero-order chi connectivity index (χ0) is 13.9. The Balaban J connectivity index is 1.87. The number of hydrogen-bond acceptors (Lipinski definition) is 5. The number of nitrogens with zero attached hydrogens (tertiary/aromatic N) is 3. The minimum Gasteiger partial charge on any atom is -0.258 e. The zero-order valence-electron chi connectivity index (χ0n) is 10.3. The Kier molecular flexibility index (Phi) is 3.30. The summed E-state index contributed by atoms with van der Waals surface area (Å²) in [5.74, 6) is 0. The van der Waals surface area contributed by atoms with Crippen molar-refractivity contribution < 1.29 is 4.92 Å². The van der Waals surface area contributed by atoms with Crippen molar-refractivity contribution in [2.24, 2.45) is 0 Å². The molecule has 0 fully saturated rings. The van der Waals surface area contributed by atoms with Crippen molar-refractivity contribution in [3.63, 3.8) is 0 Å². The molecule has 0 atom stereocenters. The molecule has 0 aliphatic carbocycles. The van der Waals surface area contributed by atoms with Gasteiger partial charge in [-0.15, -0.1) is 0 Å². The fraction of sp³-hybridized carbons (Fsp3) is 0. The van der Waals surface area contributed by atoms with E-state index in [1.807, 2.05) is 42.5 Å². The minimum absolute atomic E-state index is 0.104. The van der Waals surface area contributed by atoms with E-state index in [0.717, 1.165) is 10.3 Å². The number of hydrogen-bond donors (Lipinski definition) is 0. The van der Waals surface area contributed by atoms with Crippen LogP contribution < -0.4 is 0 Å². The lowest BCUT2D eigenvalue weighted by Crippen LogP contribution is -1.92. The third-order valence-corrected chi connectivity index (χ3v) is 3.64. The molecule has 2 aromatic carbocycles. The quantitative estimate of drug-likeness (QED) is 0.416. The standard InChI is InChI=1S/C14H9N3O2S/c18-17(19)12-8-15-14(16-9-12)20-13-6-5-10-3-1-2-4-11(10)7-13/h1-9H. The minimum atomic E-state index is -0.509. The fourth-order valence-corrected chi connectivity index (χ4v) is 2.54. The van der Waals surface area contributed by atoms with E-state index < -0.39 is 4.92 Å². The van der Waals surface area contributed by atoms with Crippen LogP contribution in [0.15, 0.2) is 64.9 Å². The predicted molar refractivity (Wildman–Crippen MR) is 76.8 cm³/mol. The average Bonchev–Trinajstić information content (AvgIpc) is 2.48. The van der Waals surface area contributed by atoms with E-state index in [0.29, 0.717) is 5.16 Å². The van der Waals surface area contributed by atoms with Crippen molar-refractivity contribution >= 4 is 28.2 Å². The second kappa shape index (κ2) is 5.26. The van der Waals surface area contributed by atoms with E-state index in [1.165, 1.54) is 29.5 Å². The summed E-state index contributed by atoms with van der Waals surface area (Å²) in [5, 5.41) is 13.3. The van der Waals surface area contributed by atoms with Crippen LogP contribution in [0.25, 0.3) is 10.8 Å². The first-order valence-corrected chi connectivity index (χ1v) is 6.67. The van der Waals surface area contributed by atoms with Gasteiger partial charge in [-0.05, 0) is 34.7 Å². The van der Waals surface area contributed by atoms with Crippen molar-refractivity contribution in [1.82, 2.24) is 9.97 Å². The number of fused-ring (bicyclic) bond motifs is 1. The van der Waals surface area contributed by atoms with Crippen LogP contribution in [-0.2, 0) is 0 Å². The first-order valence-electron chi connectivity index (χ1n) is 5.85. The fourth-order valence-electron chi connectivity index (χ4n) is 1.79. The molecule has 0 amide bonds. The summed E-state index contributed by atoms with van der Waals surface area (Å²) in [7, 11) is 0. The third kappa shape index (κ3) is 2.60. The topological polar surface area (TPSA) is 68.9 Å². The van der Waals surface area contributed by atoms with Gasteiger partial charge < -0.3 is 0 Å². The lowest BCUT2D eigenvalue weighted by atomic mass is 10.1. The van der Waals surface area contributed by atoms with Crippen LogP contribution in [0.4, 0.5) is 5.69 Å². The van der Waals surface area contributed by atoms with Crippen LogP contribution in [0.3, 0.4) is 0 Å². The Hall–Kier alpha value is -2.47. The Morgan fingerprint density at radius 3 is 2.40 bits per heavy atom. The van der Waals surface area contributed by atoms with Crippen LogP contribution in [0, 0.1) is 10.1 Å². The molecule has 3 rings (SSSR count). The molecule has 20 heavy (non-hydrogen) atoms. The van der Waals surface area contributed by atoms with Gasteiger partial charge in [-0.2, -0.15) is 0 Å². The molecule has 0 saturated heterocycles. The van der Waals surface area contributed by atoms with Crippen LogP contribution in [0.1, 0.15) is 0 Å². The number of aromatic nitrogens is 2. The zero-order valence-corrected chi connectivity index (χ0v) is 11.1. The Morgan fingerprint density at radius 2 is 1.70 bits per heavy atom. The molecule has 0 saturated carbocycles. The molecule has 1 heterocycles. The van der Waals surface area contributed by atoms with Crippen LogP contribution in [-0.4, -0.2) is 14.9 Å². The maximum Gasteiger partial charge on any atom is 0.305 e. The Morgan fingerprint density at radius 1 is 1.00 bits per heavy atom. The summed E-state index contributed by atoms with van der Waals surface area (Å²) in [4.78, 5) is 19.0. The van der Waals surface area contributed by atoms with Crippen molar-refractivity contribution in [2.75, 3.05) is 0 Å². The monoisotopic (exact) mass is 283 g/mol. The summed E-state index contributed by atoms with van der Waals surface area (Å²) in [6.45, 7) is 0. The van der Waals surface area contributed by atoms with E-state index in [-0.39, 0.29) is 5.69 Å². The second-order valence-electron chi connectivity index (χ2n) is 4.09. The summed E-state index contributed by atoms with van der Waals surface area (Å²) in [5.41, 5.74) is -0.104. The van der Waals surface area contributed by atoms with E-state index in [4.69, 9.17) is 0 Å². The largest absolute Gasteiger partial charge is 0.305 e. The smallest absolute Gasteiger partial charge is 0.258 e. The molecule has 0 spiro atoms. The highest BCUT2D eigenvalue weighted by molar-refractivity contribution is 7.99. The van der Waals surface area contributed by atoms with Gasteiger partial charge in [0.05, 0.1) is 4.92 Å². The Labute approximate surface area is 118 Å². The molecule has 3 aromatic rings. The maximum absolute atomic E-state index is 10.5. The maximum atomic E-state index is 10.5. The summed E-state index contributed by atoms with van der Waals surface area (Å²) >= 11 is 1.38. The van der Waals surface area contributed by atoms with Gasteiger partial charge in [0.2, 0.25) is 0 Å². The summed E-state index contributed by atoms with van der Waals surface area (Å²) in [6.07, 6.45) is 2.44. The second-order valence-corrected chi connectivity index (χ2v) is 5.13. The molecule has 0 aliphatic heterocycles. The van der Waals surface area contributed by atoms with Gasteiger partial charge in [-0.1, -0.05) is 30.3 Å². The van der Waals surface area contributed by atoms with Crippen molar-refractivity contribution in [2.45, 2.75) is 10.1 Å². The molecule has 6 heteroatoms. The van der Waals surface area contributed by atoms with Gasteiger partial charge in [0.15, 0.2) is 5.16 Å². The molecular weight excluding hydrogens is 274 g/mol. The van der Waals surface area contributed by atoms with Crippen molar-refractivity contribution in [3.05, 3.63) is 65.0 Å². The highest BCUT2D eigenvalue weighted by Gasteiger charge is 2.07. The molecule has 5 nitrogen and oxygen atoms in total. The van der Waals surface area contributed by atoms with E-state index in [1.54, 1.807) is 0 Å². The van der Waals surface area contributed by atoms with Crippen molar-refractivity contribution in [1.29, 1.82) is 0 Å². The summed E-state index contributed by atoms with van der Waals surface area (Å²) in [6, 6.07) is 14.1. The van der Waals surface area contributed by atoms with Gasteiger partial charge in [0.25, 0.3) is 0 Å². The van der Waals surface area contributed by atoms with Gasteiger partial charge in [0.1, 0.15) is 12.4 Å². The first-order chi connectivity index (χ1) is 9.72. The lowest BCUT2D eigenvalue weighted by molar-refractivity contribution is -0.385. The number of rotatable bonds is 3. The molecule has 0 aliphatic rings. The highest BCUT2D eigenvalue weighted by Crippen LogP contribution is 2.28. The van der Waals surface area contributed by atoms with Gasteiger partial charge in [0, 0.05) is 4.90 Å². The number of nitro groups is 1. The van der Waals surface area contributed by atoms with E-state index >= 15 is 0 Å². The third-order valence-electron chi connectivity index (χ3n) is 2.76. The molecule has 1 aromatic heterocycles. The molecule has 0 unspecified atom stereocenters. The molecule has 0 N–H and O–H groups in total. The van der Waals surface area contributed by atoms with Crippen LogP contribution in [0.2, 0.25) is 0 Å². The Bertz CT molecular complexity index is 775. The number of benzene rings is 2.